The van der Waals surface area contributed by atoms with Crippen LogP contribution in [0.4, 0.5) is 0 Å². The van der Waals surface area contributed by atoms with Gasteiger partial charge in [0.1, 0.15) is 5.37 Å². The van der Waals surface area contributed by atoms with Crippen molar-refractivity contribution in [2.75, 3.05) is 0 Å². The largest absolute Gasteiger partial charge is 0.282 e. The number of hydrogen-bond donors (Lipinski definition) is 0. The zero-order valence-electron chi connectivity index (χ0n) is 4.45. The van der Waals surface area contributed by atoms with Crippen LogP contribution in [0, 0.1) is 5.92 Å². The van der Waals surface area contributed by atoms with E-state index in [4.69, 9.17) is 0 Å². The van der Waals surface area contributed by atoms with Crippen molar-refractivity contribution in [1.29, 1.82) is 0 Å². The maximum absolute atomic E-state index is 4.27. The molecule has 1 nitrogen and oxygen atoms in total. The summed E-state index contributed by atoms with van der Waals surface area (Å²) in [4.78, 5) is 4.27. The van der Waals surface area contributed by atoms with E-state index < -0.39 is 0 Å². The Bertz CT molecular complexity index is 133. The molecule has 0 aromatic rings. The van der Waals surface area contributed by atoms with Crippen LogP contribution in [0.2, 0.25) is 0 Å². The summed E-state index contributed by atoms with van der Waals surface area (Å²) in [6, 6.07) is 0. The molecule has 8 heavy (non-hydrogen) atoms. The number of nitrogens with zero attached hydrogens (tertiary/aromatic N) is 1. The number of hydrogen-bond acceptors (Lipinski definition) is 2. The zero-order valence-corrected chi connectivity index (χ0v) is 5.27. The van der Waals surface area contributed by atoms with Crippen LogP contribution in [0.25, 0.3) is 0 Å². The lowest BCUT2D eigenvalue weighted by Gasteiger charge is -2.01. The van der Waals surface area contributed by atoms with Gasteiger partial charge in [-0.25, -0.2) is 0 Å². The first-order valence-corrected chi connectivity index (χ1v) is 3.75. The van der Waals surface area contributed by atoms with Gasteiger partial charge in [-0.05, 0) is 11.8 Å². The highest BCUT2D eigenvalue weighted by molar-refractivity contribution is 8.03. The first-order valence-electron chi connectivity index (χ1n) is 2.80. The first kappa shape index (κ1) is 4.62. The molecule has 0 bridgehead atoms. The lowest BCUT2D eigenvalue weighted by atomic mass is 10.1. The third-order valence-electron chi connectivity index (χ3n) is 1.54. The minimum Gasteiger partial charge on any atom is -0.282 e. The fraction of sp³-hybridized carbons (Fsp3) is 0.500. The lowest BCUT2D eigenvalue weighted by molar-refractivity contribution is 0.715. The van der Waals surface area contributed by atoms with E-state index in [0.717, 1.165) is 12.3 Å². The highest BCUT2D eigenvalue weighted by atomic mass is 32.2. The van der Waals surface area contributed by atoms with E-state index >= 15 is 0 Å². The topological polar surface area (TPSA) is 12.4 Å². The quantitative estimate of drug-likeness (QED) is 0.479. The van der Waals surface area contributed by atoms with Crippen LogP contribution in [0.3, 0.4) is 0 Å². The summed E-state index contributed by atoms with van der Waals surface area (Å²) in [6.45, 7) is 0. The Morgan fingerprint density at radius 3 is 3.50 bits per heavy atom. The fourth-order valence-electron chi connectivity index (χ4n) is 1.05. The first-order chi connectivity index (χ1) is 3.97. The molecule has 2 heteroatoms. The molecule has 0 N–H and O–H groups in total. The molecular weight excluding hydrogens is 118 g/mol. The highest BCUT2D eigenvalue weighted by Crippen LogP contribution is 2.35. The molecule has 2 heterocycles. The second-order valence-corrected chi connectivity index (χ2v) is 3.11. The number of rotatable bonds is 0. The summed E-state index contributed by atoms with van der Waals surface area (Å²) in [6.07, 6.45) is 5.45. The molecule has 0 aromatic heterocycles. The van der Waals surface area contributed by atoms with E-state index in [2.05, 4.69) is 16.5 Å². The fourth-order valence-corrected chi connectivity index (χ4v) is 2.06. The standard InChI is InChI=1S/C6H7NS/c1-3-7-6-5(1)2-4-8-6/h2-6H,1H2. The van der Waals surface area contributed by atoms with Gasteiger partial charge in [0.2, 0.25) is 0 Å². The maximum Gasteiger partial charge on any atom is 0.105 e. The van der Waals surface area contributed by atoms with Gasteiger partial charge in [0.05, 0.1) is 0 Å². The van der Waals surface area contributed by atoms with Crippen LogP contribution >= 0.6 is 11.8 Å². The molecule has 2 aliphatic heterocycles. The zero-order chi connectivity index (χ0) is 5.40. The Morgan fingerprint density at radius 2 is 2.62 bits per heavy atom. The Labute approximate surface area is 52.9 Å². The Hall–Kier alpha value is -0.240. The van der Waals surface area contributed by atoms with Gasteiger partial charge >= 0.3 is 0 Å². The van der Waals surface area contributed by atoms with E-state index in [-0.39, 0.29) is 0 Å². The third-order valence-corrected chi connectivity index (χ3v) is 2.60. The highest BCUT2D eigenvalue weighted by Gasteiger charge is 2.24. The van der Waals surface area contributed by atoms with Crippen LogP contribution in [-0.2, 0) is 0 Å². The number of fused-ring (bicyclic) bond motifs is 1. The minimum atomic E-state index is 0.551. The minimum absolute atomic E-state index is 0.551. The lowest BCUT2D eigenvalue weighted by Crippen LogP contribution is -2.00. The molecule has 0 saturated heterocycles. The summed E-state index contributed by atoms with van der Waals surface area (Å²) in [5.74, 6) is 0.736. The third kappa shape index (κ3) is 0.525. The van der Waals surface area contributed by atoms with Gasteiger partial charge in [0, 0.05) is 12.1 Å². The van der Waals surface area contributed by atoms with Crippen molar-refractivity contribution in [2.24, 2.45) is 10.9 Å². The Kier molecular flexibility index (Phi) is 0.937. The normalized spacial score (nSPS) is 41.0. The van der Waals surface area contributed by atoms with Gasteiger partial charge < -0.3 is 0 Å². The van der Waals surface area contributed by atoms with Crippen molar-refractivity contribution >= 4 is 18.0 Å². The van der Waals surface area contributed by atoms with Crippen molar-refractivity contribution in [2.45, 2.75) is 11.8 Å². The molecule has 2 aliphatic rings. The molecule has 2 atom stereocenters. The van der Waals surface area contributed by atoms with E-state index in [1.165, 1.54) is 0 Å². The van der Waals surface area contributed by atoms with Gasteiger partial charge in [-0.2, -0.15) is 0 Å². The van der Waals surface area contributed by atoms with Crippen LogP contribution < -0.4 is 0 Å². The Morgan fingerprint density at radius 1 is 1.62 bits per heavy atom. The van der Waals surface area contributed by atoms with Crippen molar-refractivity contribution < 1.29 is 0 Å². The molecule has 0 spiro atoms. The van der Waals surface area contributed by atoms with Crippen LogP contribution in [0.1, 0.15) is 6.42 Å². The second kappa shape index (κ2) is 1.62. The van der Waals surface area contributed by atoms with Gasteiger partial charge in [0.15, 0.2) is 0 Å². The molecule has 0 fully saturated rings. The molecule has 0 amide bonds. The van der Waals surface area contributed by atoms with Gasteiger partial charge in [-0.1, -0.05) is 6.08 Å². The van der Waals surface area contributed by atoms with Crippen LogP contribution in [-0.4, -0.2) is 11.6 Å². The van der Waals surface area contributed by atoms with Crippen molar-refractivity contribution in [3.8, 4) is 0 Å². The monoisotopic (exact) mass is 125 g/mol. The molecular formula is C6H7NS. The van der Waals surface area contributed by atoms with E-state index in [1.54, 1.807) is 0 Å². The summed E-state index contributed by atoms with van der Waals surface area (Å²) in [7, 11) is 0. The summed E-state index contributed by atoms with van der Waals surface area (Å²) in [5, 5.41) is 2.71. The molecule has 42 valence electrons. The summed E-state index contributed by atoms with van der Waals surface area (Å²) >= 11 is 1.83. The number of thioether (sulfide) groups is 1. The van der Waals surface area contributed by atoms with Crippen molar-refractivity contribution in [3.05, 3.63) is 11.5 Å². The predicted molar refractivity (Wildman–Crippen MR) is 37.1 cm³/mol. The van der Waals surface area contributed by atoms with Crippen LogP contribution in [0.15, 0.2) is 16.5 Å². The van der Waals surface area contributed by atoms with E-state index in [1.807, 2.05) is 18.0 Å². The molecule has 0 radical (unpaired) electrons. The molecule has 0 saturated carbocycles. The second-order valence-electron chi connectivity index (χ2n) is 2.09. The average molecular weight is 125 g/mol. The van der Waals surface area contributed by atoms with E-state index in [0.29, 0.717) is 5.37 Å². The van der Waals surface area contributed by atoms with E-state index in [9.17, 15) is 0 Å². The SMILES string of the molecule is C1=CC2CC=NC2S1. The maximum atomic E-state index is 4.27. The molecule has 0 aliphatic carbocycles. The van der Waals surface area contributed by atoms with Gasteiger partial charge in [-0.3, -0.25) is 4.99 Å². The van der Waals surface area contributed by atoms with Crippen LogP contribution in [0.5, 0.6) is 0 Å². The predicted octanol–water partition coefficient (Wildman–Crippen LogP) is 1.66. The Balaban J connectivity index is 2.20. The van der Waals surface area contributed by atoms with Gasteiger partial charge in [-0.15, -0.1) is 11.8 Å². The van der Waals surface area contributed by atoms with Gasteiger partial charge in [0.25, 0.3) is 0 Å². The molecule has 2 unspecified atom stereocenters. The average Bonchev–Trinajstić information content (AvgIpc) is 2.15. The summed E-state index contributed by atoms with van der Waals surface area (Å²) in [5.41, 5.74) is 0. The number of aliphatic imine (C=N–C) groups is 1. The molecule has 0 aromatic carbocycles. The van der Waals surface area contributed by atoms with Crippen molar-refractivity contribution in [3.63, 3.8) is 0 Å². The summed E-state index contributed by atoms with van der Waals surface area (Å²) < 4.78 is 0. The van der Waals surface area contributed by atoms with Crippen molar-refractivity contribution in [1.82, 2.24) is 0 Å². The smallest absolute Gasteiger partial charge is 0.105 e. The molecule has 2 rings (SSSR count).